The predicted octanol–water partition coefficient (Wildman–Crippen LogP) is 8.14. The molecule has 11 rings (SSSR count). The highest BCUT2D eigenvalue weighted by Gasteiger charge is 2.56. The Labute approximate surface area is 269 Å². The third-order valence-corrected chi connectivity index (χ3v) is 11.2. The number of para-hydroxylation sites is 3. The quantitative estimate of drug-likeness (QED) is 0.194. The van der Waals surface area contributed by atoms with E-state index in [0.717, 1.165) is 18.6 Å². The SMILES string of the molecule is c1ccc(-c2ccccc2N2c3ccccc3B3c4c2cc2c(c4N(c4ccc5c(c4)CC5)C4c5ccccc5OC34)CC2)cc1. The molecule has 0 saturated carbocycles. The van der Waals surface area contributed by atoms with Crippen molar-refractivity contribution in [2.45, 2.75) is 37.7 Å². The zero-order valence-electron chi connectivity index (χ0n) is 25.5. The van der Waals surface area contributed by atoms with Crippen LogP contribution in [0.15, 0.2) is 127 Å². The Bertz CT molecular complexity index is 2240. The van der Waals surface area contributed by atoms with E-state index < -0.39 is 0 Å². The second kappa shape index (κ2) is 9.17. The fraction of sp³-hybridized carbons (Fsp3) is 0.143. The van der Waals surface area contributed by atoms with Gasteiger partial charge in [-0.25, -0.2) is 0 Å². The van der Waals surface area contributed by atoms with Gasteiger partial charge >= 0.3 is 0 Å². The van der Waals surface area contributed by atoms with Gasteiger partial charge in [-0.2, -0.15) is 0 Å². The Morgan fingerprint density at radius 1 is 0.609 bits per heavy atom. The van der Waals surface area contributed by atoms with Crippen LogP contribution in [0.4, 0.5) is 28.4 Å². The van der Waals surface area contributed by atoms with Crippen molar-refractivity contribution in [3.8, 4) is 16.9 Å². The van der Waals surface area contributed by atoms with Gasteiger partial charge in [0.05, 0.1) is 11.7 Å². The molecule has 0 spiro atoms. The monoisotopic (exact) mass is 590 g/mol. The smallest absolute Gasteiger partial charge is 0.267 e. The van der Waals surface area contributed by atoms with Crippen LogP contribution in [-0.4, -0.2) is 12.7 Å². The number of rotatable bonds is 3. The zero-order valence-corrected chi connectivity index (χ0v) is 25.5. The Morgan fingerprint density at radius 2 is 1.37 bits per heavy atom. The number of hydrogen-bond donors (Lipinski definition) is 0. The van der Waals surface area contributed by atoms with Crippen LogP contribution >= 0.6 is 0 Å². The molecule has 0 saturated heterocycles. The Hall–Kier alpha value is -5.22. The Balaban J connectivity index is 1.23. The highest BCUT2D eigenvalue weighted by Crippen LogP contribution is 2.55. The van der Waals surface area contributed by atoms with Crippen molar-refractivity contribution in [3.05, 3.63) is 155 Å². The van der Waals surface area contributed by atoms with Crippen molar-refractivity contribution >= 4 is 46.1 Å². The summed E-state index contributed by atoms with van der Waals surface area (Å²) in [7, 11) is 0. The third-order valence-electron chi connectivity index (χ3n) is 11.2. The normalized spacial score (nSPS) is 19.0. The van der Waals surface area contributed by atoms with E-state index in [1.165, 1.54) is 91.1 Å². The number of aryl methyl sites for hydroxylation is 3. The van der Waals surface area contributed by atoms with Crippen LogP contribution in [0.1, 0.15) is 33.9 Å². The summed E-state index contributed by atoms with van der Waals surface area (Å²) in [5.41, 5.74) is 19.0. The van der Waals surface area contributed by atoms with Crippen molar-refractivity contribution in [1.29, 1.82) is 0 Å². The second-order valence-corrected chi connectivity index (χ2v) is 13.4. The highest BCUT2D eigenvalue weighted by atomic mass is 16.5. The maximum Gasteiger partial charge on any atom is 0.267 e. The molecule has 0 N–H and O–H groups in total. The van der Waals surface area contributed by atoms with Crippen molar-refractivity contribution in [3.63, 3.8) is 0 Å². The minimum Gasteiger partial charge on any atom is -0.495 e. The number of nitrogens with zero attached hydrogens (tertiary/aromatic N) is 2. The van der Waals surface area contributed by atoms with Crippen LogP contribution in [-0.2, 0) is 25.7 Å². The average molecular weight is 591 g/mol. The van der Waals surface area contributed by atoms with Crippen LogP contribution < -0.4 is 25.5 Å². The summed E-state index contributed by atoms with van der Waals surface area (Å²) in [5, 5.41) is 0. The van der Waals surface area contributed by atoms with E-state index in [2.05, 4.69) is 137 Å². The van der Waals surface area contributed by atoms with Gasteiger partial charge in [-0.3, -0.25) is 0 Å². The van der Waals surface area contributed by atoms with Gasteiger partial charge in [0.25, 0.3) is 6.71 Å². The first-order valence-corrected chi connectivity index (χ1v) is 16.7. The standard InChI is InChI=1S/C42H31BN2O/c1-2-10-27(11-3-1)31-12-4-7-15-35(31)45-36-16-8-6-14-34(36)43-39-37(45)25-29-21-23-32(29)40(39)44(30-22-20-26-18-19-28(26)24-30)41-33-13-5-9-17-38(33)46-42(41)43/h1-17,20,22,24-25,41-42H,18-19,21,23H2. The first-order valence-electron chi connectivity index (χ1n) is 16.7. The number of fused-ring (bicyclic) bond motifs is 9. The number of hydrogen-bond acceptors (Lipinski definition) is 3. The van der Waals surface area contributed by atoms with Crippen LogP contribution in [0.25, 0.3) is 11.1 Å². The first kappa shape index (κ1) is 25.0. The maximum absolute atomic E-state index is 7.10. The summed E-state index contributed by atoms with van der Waals surface area (Å²) in [6.07, 6.45) is 4.60. The third kappa shape index (κ3) is 3.24. The largest absolute Gasteiger partial charge is 0.495 e. The van der Waals surface area contributed by atoms with E-state index in [1.807, 2.05) is 0 Å². The van der Waals surface area contributed by atoms with Gasteiger partial charge in [-0.15, -0.1) is 0 Å². The second-order valence-electron chi connectivity index (χ2n) is 13.4. The predicted molar refractivity (Wildman–Crippen MR) is 189 cm³/mol. The Kier molecular flexibility index (Phi) is 4.99. The van der Waals surface area contributed by atoms with Crippen molar-refractivity contribution < 1.29 is 4.74 Å². The lowest BCUT2D eigenvalue weighted by Crippen LogP contribution is -2.65. The van der Waals surface area contributed by atoms with E-state index in [0.29, 0.717) is 0 Å². The summed E-state index contributed by atoms with van der Waals surface area (Å²) >= 11 is 0. The molecule has 3 aliphatic heterocycles. The highest BCUT2D eigenvalue weighted by molar-refractivity contribution is 6.91. The lowest BCUT2D eigenvalue weighted by molar-refractivity contribution is 0.282. The molecule has 0 fully saturated rings. The lowest BCUT2D eigenvalue weighted by Gasteiger charge is -2.50. The number of anilines is 5. The topological polar surface area (TPSA) is 15.7 Å². The molecule has 0 radical (unpaired) electrons. The molecule has 6 aromatic carbocycles. The number of benzene rings is 6. The number of ether oxygens (including phenoxy) is 1. The van der Waals surface area contributed by atoms with E-state index in [1.54, 1.807) is 0 Å². The molecule has 0 aromatic heterocycles. The molecule has 2 aliphatic carbocycles. The van der Waals surface area contributed by atoms with Gasteiger partial charge in [-0.05, 0) is 101 Å². The van der Waals surface area contributed by atoms with Crippen LogP contribution in [0.3, 0.4) is 0 Å². The van der Waals surface area contributed by atoms with Crippen molar-refractivity contribution in [2.24, 2.45) is 0 Å². The maximum atomic E-state index is 7.10. The van der Waals surface area contributed by atoms with E-state index >= 15 is 0 Å². The van der Waals surface area contributed by atoms with Crippen molar-refractivity contribution in [2.75, 3.05) is 9.80 Å². The van der Waals surface area contributed by atoms with Crippen LogP contribution in [0.2, 0.25) is 0 Å². The lowest BCUT2D eigenvalue weighted by atomic mass is 9.32. The molecule has 2 unspecified atom stereocenters. The molecule has 6 aromatic rings. The average Bonchev–Trinajstić information content (AvgIpc) is 3.46. The fourth-order valence-electron chi connectivity index (χ4n) is 9.00. The van der Waals surface area contributed by atoms with E-state index in [-0.39, 0.29) is 18.8 Å². The minimum atomic E-state index is -0.0412. The molecule has 4 heteroatoms. The van der Waals surface area contributed by atoms with Crippen LogP contribution in [0.5, 0.6) is 5.75 Å². The molecule has 0 bridgehead atoms. The van der Waals surface area contributed by atoms with Gasteiger partial charge in [0.15, 0.2) is 0 Å². The van der Waals surface area contributed by atoms with Gasteiger partial charge in [0, 0.05) is 33.9 Å². The molecule has 3 heterocycles. The van der Waals surface area contributed by atoms with Crippen molar-refractivity contribution in [1.82, 2.24) is 0 Å². The Morgan fingerprint density at radius 3 is 2.20 bits per heavy atom. The molecule has 46 heavy (non-hydrogen) atoms. The molecular formula is C42H31BN2O. The minimum absolute atomic E-state index is 0.0412. The zero-order chi connectivity index (χ0) is 29.9. The van der Waals surface area contributed by atoms with Crippen LogP contribution in [0, 0.1) is 0 Å². The molecule has 218 valence electrons. The summed E-state index contributed by atoms with van der Waals surface area (Å²) in [4.78, 5) is 5.25. The van der Waals surface area contributed by atoms with E-state index in [4.69, 9.17) is 4.74 Å². The molecule has 3 nitrogen and oxygen atoms in total. The van der Waals surface area contributed by atoms with E-state index in [9.17, 15) is 0 Å². The summed E-state index contributed by atoms with van der Waals surface area (Å²) in [5.74, 6) is 1.02. The molecule has 2 atom stereocenters. The van der Waals surface area contributed by atoms with Gasteiger partial charge < -0.3 is 14.5 Å². The first-order chi connectivity index (χ1) is 22.8. The van der Waals surface area contributed by atoms with Gasteiger partial charge in [0.1, 0.15) is 11.8 Å². The summed E-state index contributed by atoms with van der Waals surface area (Å²) in [6, 6.07) is 47.4. The molecule has 5 aliphatic rings. The molecule has 0 amide bonds. The van der Waals surface area contributed by atoms with Gasteiger partial charge in [0.2, 0.25) is 0 Å². The summed E-state index contributed by atoms with van der Waals surface area (Å²) in [6.45, 7) is 0.118. The molecular weight excluding hydrogens is 559 g/mol. The summed E-state index contributed by atoms with van der Waals surface area (Å²) < 4.78 is 7.10. The van der Waals surface area contributed by atoms with Gasteiger partial charge in [-0.1, -0.05) is 91.0 Å². The fourth-order valence-corrected chi connectivity index (χ4v) is 9.00.